The monoisotopic (exact) mass is 380 g/mol. The number of aromatic nitrogens is 3. The summed E-state index contributed by atoms with van der Waals surface area (Å²) in [5.41, 5.74) is 6.42. The van der Waals surface area contributed by atoms with Crippen molar-refractivity contribution >= 4 is 23.4 Å². The Morgan fingerprint density at radius 1 is 0.963 bits per heavy atom. The molecule has 0 saturated heterocycles. The lowest BCUT2D eigenvalue weighted by Gasteiger charge is -2.13. The first-order valence-corrected chi connectivity index (χ1v) is 9.83. The summed E-state index contributed by atoms with van der Waals surface area (Å²) in [6, 6.07) is 12.3. The Balaban J connectivity index is 1.73. The smallest absolute Gasteiger partial charge is 0.234 e. The molecule has 5 nitrogen and oxygen atoms in total. The number of nitrogens with one attached hydrogen (secondary N) is 1. The summed E-state index contributed by atoms with van der Waals surface area (Å²) >= 11 is 1.39. The third-order valence-electron chi connectivity index (χ3n) is 4.36. The van der Waals surface area contributed by atoms with E-state index >= 15 is 0 Å². The van der Waals surface area contributed by atoms with E-state index < -0.39 is 0 Å². The average Bonchev–Trinajstić information content (AvgIpc) is 2.98. The fourth-order valence-electron chi connectivity index (χ4n) is 3.11. The number of thioether (sulfide) groups is 1. The van der Waals surface area contributed by atoms with Crippen molar-refractivity contribution in [1.82, 2.24) is 14.8 Å². The van der Waals surface area contributed by atoms with Gasteiger partial charge in [0.05, 0.1) is 5.75 Å². The highest BCUT2D eigenvalue weighted by molar-refractivity contribution is 7.99. The van der Waals surface area contributed by atoms with Gasteiger partial charge < -0.3 is 5.32 Å². The van der Waals surface area contributed by atoms with E-state index in [0.717, 1.165) is 28.3 Å². The first-order valence-electron chi connectivity index (χ1n) is 8.84. The average molecular weight is 381 g/mol. The SMILES string of the molecule is Cc1ccc(-n2c(C)nnc2SCC(=O)Nc2c(C)cc(C)cc2C)cc1. The number of carbonyl (C=O) groups excluding carboxylic acids is 1. The molecule has 0 saturated carbocycles. The summed E-state index contributed by atoms with van der Waals surface area (Å²) in [4.78, 5) is 12.5. The Morgan fingerprint density at radius 3 is 2.22 bits per heavy atom. The number of amides is 1. The van der Waals surface area contributed by atoms with Gasteiger partial charge in [0.2, 0.25) is 5.91 Å². The van der Waals surface area contributed by atoms with Crippen LogP contribution < -0.4 is 5.32 Å². The lowest BCUT2D eigenvalue weighted by Crippen LogP contribution is -2.16. The molecular weight excluding hydrogens is 356 g/mol. The fraction of sp³-hybridized carbons (Fsp3) is 0.286. The van der Waals surface area contributed by atoms with Crippen LogP contribution in [0.25, 0.3) is 5.69 Å². The van der Waals surface area contributed by atoms with Crippen LogP contribution >= 0.6 is 11.8 Å². The van der Waals surface area contributed by atoms with Crippen molar-refractivity contribution in [1.29, 1.82) is 0 Å². The number of hydrogen-bond acceptors (Lipinski definition) is 4. The zero-order valence-corrected chi connectivity index (χ0v) is 17.1. The summed E-state index contributed by atoms with van der Waals surface area (Å²) in [7, 11) is 0. The molecule has 1 heterocycles. The molecule has 6 heteroatoms. The minimum Gasteiger partial charge on any atom is -0.325 e. The third-order valence-corrected chi connectivity index (χ3v) is 5.29. The summed E-state index contributed by atoms with van der Waals surface area (Å²) < 4.78 is 1.97. The van der Waals surface area contributed by atoms with Crippen molar-refractivity contribution in [2.45, 2.75) is 39.8 Å². The van der Waals surface area contributed by atoms with Crippen molar-refractivity contribution in [2.24, 2.45) is 0 Å². The highest BCUT2D eigenvalue weighted by atomic mass is 32.2. The van der Waals surface area contributed by atoms with E-state index in [9.17, 15) is 4.79 Å². The highest BCUT2D eigenvalue weighted by Crippen LogP contribution is 2.24. The normalized spacial score (nSPS) is 10.9. The van der Waals surface area contributed by atoms with E-state index in [-0.39, 0.29) is 11.7 Å². The lowest BCUT2D eigenvalue weighted by molar-refractivity contribution is -0.113. The van der Waals surface area contributed by atoms with E-state index in [2.05, 4.69) is 53.6 Å². The number of rotatable bonds is 5. The van der Waals surface area contributed by atoms with Crippen molar-refractivity contribution in [3.05, 3.63) is 64.5 Å². The number of aryl methyl sites for hydroxylation is 5. The first kappa shape index (κ1) is 19.2. The van der Waals surface area contributed by atoms with E-state index in [1.807, 2.05) is 37.5 Å². The molecule has 2 aromatic carbocycles. The zero-order chi connectivity index (χ0) is 19.6. The topological polar surface area (TPSA) is 59.8 Å². The van der Waals surface area contributed by atoms with Crippen LogP contribution in [0.5, 0.6) is 0 Å². The Bertz CT molecular complexity index is 953. The Kier molecular flexibility index (Phi) is 5.65. The molecule has 0 aliphatic carbocycles. The molecule has 1 aromatic heterocycles. The van der Waals surface area contributed by atoms with Crippen molar-refractivity contribution in [3.8, 4) is 5.69 Å². The summed E-state index contributed by atoms with van der Waals surface area (Å²) in [5.74, 6) is 1.02. The predicted octanol–water partition coefficient (Wildman–Crippen LogP) is 4.54. The molecule has 0 unspecified atom stereocenters. The maximum Gasteiger partial charge on any atom is 0.234 e. The summed E-state index contributed by atoms with van der Waals surface area (Å²) in [6.45, 7) is 10.1. The molecule has 0 radical (unpaired) electrons. The molecule has 1 amide bonds. The molecule has 0 fully saturated rings. The molecule has 0 atom stereocenters. The van der Waals surface area contributed by atoms with Crippen LogP contribution in [0.4, 0.5) is 5.69 Å². The van der Waals surface area contributed by atoms with Crippen LogP contribution in [0.15, 0.2) is 41.6 Å². The number of benzene rings is 2. The molecule has 0 spiro atoms. The maximum absolute atomic E-state index is 12.5. The molecule has 1 N–H and O–H groups in total. The number of carbonyl (C=O) groups is 1. The van der Waals surface area contributed by atoms with Gasteiger partial charge in [0.15, 0.2) is 5.16 Å². The summed E-state index contributed by atoms with van der Waals surface area (Å²) in [5, 5.41) is 12.2. The molecule has 0 bridgehead atoms. The molecule has 27 heavy (non-hydrogen) atoms. The molecule has 3 rings (SSSR count). The van der Waals surface area contributed by atoms with Gasteiger partial charge in [0.25, 0.3) is 0 Å². The molecule has 0 aliphatic heterocycles. The number of nitrogens with zero attached hydrogens (tertiary/aromatic N) is 3. The van der Waals surface area contributed by atoms with Gasteiger partial charge in [-0.1, -0.05) is 47.2 Å². The van der Waals surface area contributed by atoms with Gasteiger partial charge in [-0.15, -0.1) is 10.2 Å². The van der Waals surface area contributed by atoms with E-state index in [1.54, 1.807) is 0 Å². The Labute approximate surface area is 164 Å². The van der Waals surface area contributed by atoms with Gasteiger partial charge in [0.1, 0.15) is 5.82 Å². The van der Waals surface area contributed by atoms with E-state index in [1.165, 1.54) is 22.9 Å². The quantitative estimate of drug-likeness (QED) is 0.660. The maximum atomic E-state index is 12.5. The minimum atomic E-state index is -0.0498. The summed E-state index contributed by atoms with van der Waals surface area (Å²) in [6.07, 6.45) is 0. The van der Waals surface area contributed by atoms with Crippen LogP contribution in [-0.2, 0) is 4.79 Å². The van der Waals surface area contributed by atoms with Crippen LogP contribution in [-0.4, -0.2) is 26.4 Å². The number of hydrogen-bond donors (Lipinski definition) is 1. The molecular formula is C21H24N4OS. The second-order valence-corrected chi connectivity index (χ2v) is 7.75. The largest absolute Gasteiger partial charge is 0.325 e. The standard InChI is InChI=1S/C21H24N4OS/c1-13-6-8-18(9-7-13)25-17(5)23-24-21(25)27-12-19(26)22-20-15(3)10-14(2)11-16(20)4/h6-11H,12H2,1-5H3,(H,22,26). The molecule has 3 aromatic rings. The van der Waals surface area contributed by atoms with Crippen molar-refractivity contribution in [3.63, 3.8) is 0 Å². The first-order chi connectivity index (χ1) is 12.8. The van der Waals surface area contributed by atoms with Crippen LogP contribution in [0.2, 0.25) is 0 Å². The van der Waals surface area contributed by atoms with Gasteiger partial charge in [-0.3, -0.25) is 9.36 Å². The minimum absolute atomic E-state index is 0.0498. The van der Waals surface area contributed by atoms with E-state index in [0.29, 0.717) is 5.16 Å². The van der Waals surface area contributed by atoms with Crippen LogP contribution in [0.3, 0.4) is 0 Å². The zero-order valence-electron chi connectivity index (χ0n) is 16.3. The van der Waals surface area contributed by atoms with Gasteiger partial charge in [0, 0.05) is 11.4 Å². The second kappa shape index (κ2) is 7.96. The molecule has 0 aliphatic rings. The lowest BCUT2D eigenvalue weighted by atomic mass is 10.1. The predicted molar refractivity (Wildman–Crippen MR) is 111 cm³/mol. The Morgan fingerprint density at radius 2 is 1.59 bits per heavy atom. The number of anilines is 1. The Hall–Kier alpha value is -2.60. The van der Waals surface area contributed by atoms with Crippen molar-refractivity contribution in [2.75, 3.05) is 11.1 Å². The van der Waals surface area contributed by atoms with Crippen molar-refractivity contribution < 1.29 is 4.79 Å². The molecule has 140 valence electrons. The highest BCUT2D eigenvalue weighted by Gasteiger charge is 2.14. The van der Waals surface area contributed by atoms with Gasteiger partial charge in [-0.05, 0) is 57.9 Å². The van der Waals surface area contributed by atoms with Gasteiger partial charge in [-0.2, -0.15) is 0 Å². The van der Waals surface area contributed by atoms with E-state index in [4.69, 9.17) is 0 Å². The van der Waals surface area contributed by atoms with Gasteiger partial charge in [-0.25, -0.2) is 0 Å². The fourth-order valence-corrected chi connectivity index (χ4v) is 3.91. The van der Waals surface area contributed by atoms with Crippen LogP contribution in [0.1, 0.15) is 28.1 Å². The second-order valence-electron chi connectivity index (χ2n) is 6.81. The third kappa shape index (κ3) is 4.39. The van der Waals surface area contributed by atoms with Crippen LogP contribution in [0, 0.1) is 34.6 Å². The van der Waals surface area contributed by atoms with Gasteiger partial charge >= 0.3 is 0 Å².